The van der Waals surface area contributed by atoms with Gasteiger partial charge in [0.1, 0.15) is 6.10 Å². The molecule has 1 N–H and O–H groups in total. The predicted molar refractivity (Wildman–Crippen MR) is 51.4 cm³/mol. The van der Waals surface area contributed by atoms with E-state index in [9.17, 15) is 36.5 Å². The van der Waals surface area contributed by atoms with Crippen molar-refractivity contribution < 1.29 is 36.3 Å². The predicted octanol–water partition coefficient (Wildman–Crippen LogP) is 2.03. The van der Waals surface area contributed by atoms with Crippen LogP contribution in [-0.4, -0.2) is 40.5 Å². The summed E-state index contributed by atoms with van der Waals surface area (Å²) in [6.07, 6.45) is -13.5. The number of alkyl halides is 7. The zero-order valence-corrected chi connectivity index (χ0v) is 10.1. The number of piperidine rings is 1. The molecule has 1 aliphatic carbocycles. The maximum absolute atomic E-state index is 12.9. The Morgan fingerprint density at radius 1 is 1.25 bits per heavy atom. The molecule has 4 atom stereocenters. The monoisotopic (exact) mass is 328 g/mol. The first-order chi connectivity index (χ1) is 8.92. The van der Waals surface area contributed by atoms with Gasteiger partial charge in [0.25, 0.3) is 5.09 Å². The molecule has 1 saturated carbocycles. The van der Waals surface area contributed by atoms with Gasteiger partial charge in [-0.05, 0) is 6.42 Å². The normalized spacial score (nSPS) is 36.1. The largest absolute Gasteiger partial charge is 0.415 e. The van der Waals surface area contributed by atoms with Gasteiger partial charge in [-0.3, -0.25) is 5.32 Å². The summed E-state index contributed by atoms with van der Waals surface area (Å²) in [7, 11) is 0. The molecule has 20 heavy (non-hydrogen) atoms. The van der Waals surface area contributed by atoms with E-state index in [1.165, 1.54) is 5.32 Å². The highest BCUT2D eigenvalue weighted by Crippen LogP contribution is 2.58. The van der Waals surface area contributed by atoms with Gasteiger partial charge < -0.3 is 4.84 Å². The van der Waals surface area contributed by atoms with Crippen LogP contribution < -0.4 is 5.32 Å². The standard InChI is InChI=1S/C8H7ClF6N2O3/c9-4-2-1-3(20-17(18)19)5(4)16-6(2,7(10,11)12)8(13,14)15/h2-5,16H,1H2. The molecular weight excluding hydrogens is 322 g/mol. The highest BCUT2D eigenvalue weighted by atomic mass is 35.5. The van der Waals surface area contributed by atoms with Crippen LogP contribution in [0.15, 0.2) is 0 Å². The molecule has 1 saturated heterocycles. The van der Waals surface area contributed by atoms with E-state index < -0.39 is 52.8 Å². The van der Waals surface area contributed by atoms with Crippen LogP contribution in [0.25, 0.3) is 0 Å². The Bertz CT molecular complexity index is 413. The maximum Gasteiger partial charge on any atom is 0.415 e. The second kappa shape index (κ2) is 4.26. The first kappa shape index (κ1) is 15.4. The van der Waals surface area contributed by atoms with Gasteiger partial charge in [-0.25, -0.2) is 0 Å². The second-order valence-electron chi connectivity index (χ2n) is 4.63. The number of nitrogens with zero attached hydrogens (tertiary/aromatic N) is 1. The van der Waals surface area contributed by atoms with Crippen LogP contribution in [0.5, 0.6) is 0 Å². The zero-order chi connectivity index (χ0) is 15.5. The molecule has 5 nitrogen and oxygen atoms in total. The lowest BCUT2D eigenvalue weighted by Gasteiger charge is -2.42. The van der Waals surface area contributed by atoms with Gasteiger partial charge in [0.15, 0.2) is 0 Å². The van der Waals surface area contributed by atoms with Gasteiger partial charge in [-0.15, -0.1) is 21.7 Å². The van der Waals surface area contributed by atoms with Gasteiger partial charge in [-0.2, -0.15) is 26.3 Å². The van der Waals surface area contributed by atoms with Crippen molar-refractivity contribution in [1.82, 2.24) is 5.32 Å². The van der Waals surface area contributed by atoms with Crippen molar-refractivity contribution in [3.63, 3.8) is 0 Å². The van der Waals surface area contributed by atoms with Crippen molar-refractivity contribution in [2.75, 3.05) is 0 Å². The van der Waals surface area contributed by atoms with Crippen molar-refractivity contribution in [3.8, 4) is 0 Å². The van der Waals surface area contributed by atoms with Crippen molar-refractivity contribution in [1.29, 1.82) is 0 Å². The highest BCUT2D eigenvalue weighted by Gasteiger charge is 2.81. The van der Waals surface area contributed by atoms with Crippen LogP contribution in [0.3, 0.4) is 0 Å². The molecule has 0 radical (unpaired) electrons. The number of halogens is 7. The molecule has 116 valence electrons. The summed E-state index contributed by atoms with van der Waals surface area (Å²) < 4.78 is 77.5. The Balaban J connectivity index is 2.37. The number of hydrogen-bond donors (Lipinski definition) is 1. The summed E-state index contributed by atoms with van der Waals surface area (Å²) >= 11 is 5.59. The summed E-state index contributed by atoms with van der Waals surface area (Å²) in [5, 5.41) is 8.71. The van der Waals surface area contributed by atoms with E-state index in [-0.39, 0.29) is 0 Å². The maximum atomic E-state index is 12.9. The minimum atomic E-state index is -5.63. The van der Waals surface area contributed by atoms with E-state index in [2.05, 4.69) is 4.84 Å². The number of fused-ring (bicyclic) bond motifs is 2. The first-order valence-electron chi connectivity index (χ1n) is 5.28. The van der Waals surface area contributed by atoms with Gasteiger partial charge in [0.05, 0.1) is 11.4 Å². The topological polar surface area (TPSA) is 64.4 Å². The lowest BCUT2D eigenvalue weighted by Crippen LogP contribution is -2.70. The van der Waals surface area contributed by atoms with Gasteiger partial charge in [-0.1, -0.05) is 0 Å². The first-order valence-corrected chi connectivity index (χ1v) is 5.72. The van der Waals surface area contributed by atoms with Crippen LogP contribution in [0.2, 0.25) is 0 Å². The molecule has 0 aromatic carbocycles. The molecule has 1 heterocycles. The van der Waals surface area contributed by atoms with E-state index >= 15 is 0 Å². The van der Waals surface area contributed by atoms with Crippen molar-refractivity contribution in [3.05, 3.63) is 10.1 Å². The van der Waals surface area contributed by atoms with E-state index in [0.717, 1.165) is 0 Å². The average molecular weight is 329 g/mol. The van der Waals surface area contributed by atoms with Gasteiger partial charge in [0, 0.05) is 5.92 Å². The molecule has 2 fully saturated rings. The van der Waals surface area contributed by atoms with Crippen LogP contribution in [0, 0.1) is 16.0 Å². The third kappa shape index (κ3) is 1.90. The van der Waals surface area contributed by atoms with E-state index in [0.29, 0.717) is 0 Å². The van der Waals surface area contributed by atoms with E-state index in [4.69, 9.17) is 11.6 Å². The molecule has 0 aromatic rings. The fourth-order valence-corrected chi connectivity index (χ4v) is 3.42. The Hall–Kier alpha value is -0.970. The summed E-state index contributed by atoms with van der Waals surface area (Å²) in [5.74, 6) is -2.08. The Morgan fingerprint density at radius 3 is 2.05 bits per heavy atom. The third-order valence-electron chi connectivity index (χ3n) is 3.68. The summed E-state index contributed by atoms with van der Waals surface area (Å²) in [4.78, 5) is 14.2. The number of rotatable bonds is 2. The van der Waals surface area contributed by atoms with Crippen molar-refractivity contribution in [2.45, 2.75) is 41.8 Å². The second-order valence-corrected chi connectivity index (χ2v) is 5.13. The molecule has 2 aliphatic rings. The molecule has 0 aromatic heterocycles. The summed E-state index contributed by atoms with van der Waals surface area (Å²) in [5.41, 5.74) is -4.16. The molecule has 2 rings (SSSR count). The molecule has 1 aliphatic heterocycles. The smallest absolute Gasteiger partial charge is 0.309 e. The van der Waals surface area contributed by atoms with E-state index in [1.54, 1.807) is 0 Å². The molecule has 12 heteroatoms. The molecule has 0 spiro atoms. The number of nitrogens with one attached hydrogen (secondary N) is 1. The molecule has 0 amide bonds. The van der Waals surface area contributed by atoms with Crippen LogP contribution in [0.4, 0.5) is 26.3 Å². The van der Waals surface area contributed by atoms with Crippen LogP contribution in [-0.2, 0) is 4.84 Å². The van der Waals surface area contributed by atoms with Gasteiger partial charge >= 0.3 is 12.4 Å². The van der Waals surface area contributed by atoms with Crippen LogP contribution in [0.1, 0.15) is 6.42 Å². The Labute approximate surface area is 112 Å². The SMILES string of the molecule is O=[N+]([O-])OC1CC2C(Cl)C1NC2(C(F)(F)F)C(F)(F)F. The summed E-state index contributed by atoms with van der Waals surface area (Å²) in [6.45, 7) is 0. The minimum absolute atomic E-state index is 0.800. The molecular formula is C8H7ClF6N2O3. The lowest BCUT2D eigenvalue weighted by atomic mass is 9.82. The number of hydrogen-bond acceptors (Lipinski definition) is 4. The fraction of sp³-hybridized carbons (Fsp3) is 1.00. The fourth-order valence-electron chi connectivity index (χ4n) is 2.90. The highest BCUT2D eigenvalue weighted by molar-refractivity contribution is 6.22. The van der Waals surface area contributed by atoms with Crippen molar-refractivity contribution in [2.24, 2.45) is 5.92 Å². The Morgan fingerprint density at radius 2 is 1.75 bits per heavy atom. The zero-order valence-electron chi connectivity index (χ0n) is 9.33. The average Bonchev–Trinajstić information content (AvgIpc) is 2.66. The Kier molecular flexibility index (Phi) is 3.29. The lowest BCUT2D eigenvalue weighted by molar-refractivity contribution is -0.769. The van der Waals surface area contributed by atoms with Crippen molar-refractivity contribution >= 4 is 11.6 Å². The van der Waals surface area contributed by atoms with Gasteiger partial charge in [0.2, 0.25) is 5.54 Å². The van der Waals surface area contributed by atoms with E-state index in [1.807, 2.05) is 0 Å². The molecule has 2 bridgehead atoms. The quantitative estimate of drug-likeness (QED) is 0.364. The molecule has 4 unspecified atom stereocenters. The van der Waals surface area contributed by atoms with Crippen LogP contribution >= 0.6 is 11.6 Å². The summed E-state index contributed by atoms with van der Waals surface area (Å²) in [6, 6.07) is -1.60. The third-order valence-corrected chi connectivity index (χ3v) is 4.26. The minimum Gasteiger partial charge on any atom is -0.309 e.